The number of aryl methyl sites for hydroxylation is 2. The normalized spacial score (nSPS) is 15.9. The van der Waals surface area contributed by atoms with Gasteiger partial charge in [0.1, 0.15) is 5.76 Å². The lowest BCUT2D eigenvalue weighted by Gasteiger charge is -2.28. The lowest BCUT2D eigenvalue weighted by atomic mass is 10.0. The summed E-state index contributed by atoms with van der Waals surface area (Å²) < 4.78 is 5.29. The smallest absolute Gasteiger partial charge is 0.252 e. The number of rotatable bonds is 7. The Morgan fingerprint density at radius 2 is 2.14 bits per heavy atom. The molecule has 7 heteroatoms. The monoisotopic (exact) mass is 404 g/mol. The first kappa shape index (κ1) is 21.0. The highest BCUT2D eigenvalue weighted by molar-refractivity contribution is 7.10. The van der Waals surface area contributed by atoms with Crippen LogP contribution in [0.4, 0.5) is 0 Å². The highest BCUT2D eigenvalue weighted by Crippen LogP contribution is 2.30. The Morgan fingerprint density at radius 1 is 1.39 bits per heavy atom. The number of aromatic nitrogens is 1. The summed E-state index contributed by atoms with van der Waals surface area (Å²) in [6.07, 6.45) is 0.909. The summed E-state index contributed by atoms with van der Waals surface area (Å²) in [5.41, 5.74) is 4.23. The zero-order chi connectivity index (χ0) is 20.4. The van der Waals surface area contributed by atoms with E-state index in [1.165, 1.54) is 16.0 Å². The zero-order valence-corrected chi connectivity index (χ0v) is 18.7. The van der Waals surface area contributed by atoms with Crippen LogP contribution in [0.3, 0.4) is 0 Å². The maximum absolute atomic E-state index is 12.8. The quantitative estimate of drug-likeness (QED) is 0.768. The van der Waals surface area contributed by atoms with Gasteiger partial charge in [-0.05, 0) is 45.8 Å². The van der Waals surface area contributed by atoms with Crippen LogP contribution in [0.5, 0.6) is 0 Å². The minimum atomic E-state index is 0.0594. The number of thiophene rings is 1. The van der Waals surface area contributed by atoms with Gasteiger partial charge in [0.2, 0.25) is 0 Å². The second-order valence-electron chi connectivity index (χ2n) is 8.30. The minimum absolute atomic E-state index is 0.0594. The van der Waals surface area contributed by atoms with Crippen LogP contribution >= 0.6 is 11.3 Å². The van der Waals surface area contributed by atoms with Crippen LogP contribution in [0.15, 0.2) is 9.90 Å². The highest BCUT2D eigenvalue weighted by Gasteiger charge is 2.26. The van der Waals surface area contributed by atoms with Gasteiger partial charge >= 0.3 is 0 Å². The third kappa shape index (κ3) is 4.47. The summed E-state index contributed by atoms with van der Waals surface area (Å²) in [6, 6.07) is 0.337. The molecule has 0 saturated heterocycles. The fraction of sp³-hybridized carbons (Fsp3) is 0.619. The Balaban J connectivity index is 1.64. The summed E-state index contributed by atoms with van der Waals surface area (Å²) in [5, 5.41) is 9.24. The molecule has 28 heavy (non-hydrogen) atoms. The average molecular weight is 405 g/mol. The molecular formula is C21H32N4O2S. The van der Waals surface area contributed by atoms with Gasteiger partial charge in [0.05, 0.1) is 11.3 Å². The molecule has 1 N–H and O–H groups in total. The van der Waals surface area contributed by atoms with E-state index in [-0.39, 0.29) is 5.91 Å². The summed E-state index contributed by atoms with van der Waals surface area (Å²) in [6.45, 7) is 11.7. The Bertz CT molecular complexity index is 797. The number of carbonyl (C=O) groups is 1. The van der Waals surface area contributed by atoms with E-state index >= 15 is 0 Å². The molecule has 0 aromatic carbocycles. The van der Waals surface area contributed by atoms with Crippen molar-refractivity contribution in [3.8, 4) is 0 Å². The van der Waals surface area contributed by atoms with Crippen LogP contribution < -0.4 is 5.32 Å². The molecule has 0 unspecified atom stereocenters. The van der Waals surface area contributed by atoms with Gasteiger partial charge in [-0.15, -0.1) is 11.3 Å². The standard InChI is InChI=1S/C21H32N4O2S/c1-13(2)19(24(5)6)9-22-21(26)18-12-28-20-11-25(8-7-16(18)20)10-17-14(3)23-27-15(17)4/h12-13,19H,7-11H2,1-6H3,(H,22,26)/t19-/m1/s1. The molecule has 0 radical (unpaired) electrons. The van der Waals surface area contributed by atoms with Crippen molar-refractivity contribution < 1.29 is 9.32 Å². The molecule has 1 aliphatic heterocycles. The van der Waals surface area contributed by atoms with Crippen LogP contribution in [-0.4, -0.2) is 54.1 Å². The van der Waals surface area contributed by atoms with E-state index < -0.39 is 0 Å². The number of nitrogens with one attached hydrogen (secondary N) is 1. The SMILES string of the molecule is Cc1noc(C)c1CN1CCc2c(C(=O)NC[C@H](C(C)C)N(C)C)csc2C1. The molecule has 6 nitrogen and oxygen atoms in total. The Kier molecular flexibility index (Phi) is 6.58. The molecule has 1 amide bonds. The molecule has 0 aliphatic carbocycles. The largest absolute Gasteiger partial charge is 0.361 e. The highest BCUT2D eigenvalue weighted by atomic mass is 32.1. The molecule has 0 fully saturated rings. The summed E-state index contributed by atoms with van der Waals surface area (Å²) in [4.78, 5) is 18.7. The first-order valence-electron chi connectivity index (χ1n) is 9.95. The number of carbonyl (C=O) groups excluding carboxylic acids is 1. The second kappa shape index (κ2) is 8.76. The summed E-state index contributed by atoms with van der Waals surface area (Å²) >= 11 is 1.70. The Hall–Kier alpha value is -1.70. The third-order valence-electron chi connectivity index (χ3n) is 5.74. The van der Waals surface area contributed by atoms with Crippen molar-refractivity contribution in [1.82, 2.24) is 20.3 Å². The molecule has 3 rings (SSSR count). The van der Waals surface area contributed by atoms with Crippen molar-refractivity contribution in [3.05, 3.63) is 38.4 Å². The molecule has 3 heterocycles. The lowest BCUT2D eigenvalue weighted by Crippen LogP contribution is -2.43. The van der Waals surface area contributed by atoms with E-state index in [1.807, 2.05) is 19.2 Å². The molecule has 0 bridgehead atoms. The van der Waals surface area contributed by atoms with Gasteiger partial charge in [-0.1, -0.05) is 19.0 Å². The van der Waals surface area contributed by atoms with E-state index in [1.54, 1.807) is 11.3 Å². The summed E-state index contributed by atoms with van der Waals surface area (Å²) in [7, 11) is 4.13. The van der Waals surface area contributed by atoms with E-state index in [9.17, 15) is 4.79 Å². The molecule has 0 spiro atoms. The first-order chi connectivity index (χ1) is 13.3. The number of amides is 1. The zero-order valence-electron chi connectivity index (χ0n) is 17.8. The number of hydrogen-bond acceptors (Lipinski definition) is 6. The Morgan fingerprint density at radius 3 is 2.75 bits per heavy atom. The predicted octanol–water partition coefficient (Wildman–Crippen LogP) is 3.23. The van der Waals surface area contributed by atoms with Gasteiger partial charge in [-0.25, -0.2) is 0 Å². The van der Waals surface area contributed by atoms with Crippen LogP contribution in [0.1, 0.15) is 51.7 Å². The third-order valence-corrected chi connectivity index (χ3v) is 6.75. The maximum Gasteiger partial charge on any atom is 0.252 e. The number of likely N-dealkylation sites (N-methyl/N-ethyl adjacent to an activating group) is 1. The van der Waals surface area contributed by atoms with Crippen molar-refractivity contribution >= 4 is 17.2 Å². The van der Waals surface area contributed by atoms with Crippen LogP contribution in [0.2, 0.25) is 0 Å². The average Bonchev–Trinajstić information content (AvgIpc) is 3.19. The van der Waals surface area contributed by atoms with Gasteiger partial charge in [-0.2, -0.15) is 0 Å². The second-order valence-corrected chi connectivity index (χ2v) is 9.26. The number of nitrogens with zero attached hydrogens (tertiary/aromatic N) is 3. The molecule has 2 aromatic rings. The van der Waals surface area contributed by atoms with E-state index in [0.717, 1.165) is 43.1 Å². The van der Waals surface area contributed by atoms with Gasteiger partial charge in [-0.3, -0.25) is 9.69 Å². The Labute approximate surface area is 171 Å². The molecule has 1 aliphatic rings. The van der Waals surface area contributed by atoms with Gasteiger partial charge in [0.15, 0.2) is 0 Å². The number of fused-ring (bicyclic) bond motifs is 1. The van der Waals surface area contributed by atoms with Crippen LogP contribution in [-0.2, 0) is 19.5 Å². The van der Waals surface area contributed by atoms with E-state index in [0.29, 0.717) is 18.5 Å². The predicted molar refractivity (Wildman–Crippen MR) is 113 cm³/mol. The van der Waals surface area contributed by atoms with Gasteiger partial charge < -0.3 is 14.7 Å². The van der Waals surface area contributed by atoms with Crippen molar-refractivity contribution in [2.45, 2.75) is 53.2 Å². The maximum atomic E-state index is 12.8. The summed E-state index contributed by atoms with van der Waals surface area (Å²) in [5.74, 6) is 1.45. The van der Waals surface area contributed by atoms with Crippen molar-refractivity contribution in [3.63, 3.8) is 0 Å². The molecular weight excluding hydrogens is 372 g/mol. The first-order valence-corrected chi connectivity index (χ1v) is 10.8. The minimum Gasteiger partial charge on any atom is -0.361 e. The molecule has 154 valence electrons. The van der Waals surface area contributed by atoms with Crippen LogP contribution in [0, 0.1) is 19.8 Å². The topological polar surface area (TPSA) is 61.6 Å². The molecule has 0 saturated carbocycles. The van der Waals surface area contributed by atoms with E-state index in [2.05, 4.69) is 48.2 Å². The van der Waals surface area contributed by atoms with E-state index in [4.69, 9.17) is 4.52 Å². The molecule has 1 atom stereocenters. The molecule has 2 aromatic heterocycles. The van der Waals surface area contributed by atoms with Gasteiger partial charge in [0.25, 0.3) is 5.91 Å². The van der Waals surface area contributed by atoms with Gasteiger partial charge in [0, 0.05) is 48.0 Å². The van der Waals surface area contributed by atoms with Crippen molar-refractivity contribution in [2.24, 2.45) is 5.92 Å². The van der Waals surface area contributed by atoms with Crippen molar-refractivity contribution in [2.75, 3.05) is 27.2 Å². The number of hydrogen-bond donors (Lipinski definition) is 1. The fourth-order valence-corrected chi connectivity index (χ4v) is 5.09. The lowest BCUT2D eigenvalue weighted by molar-refractivity contribution is 0.0933. The van der Waals surface area contributed by atoms with Crippen LogP contribution in [0.25, 0.3) is 0 Å². The van der Waals surface area contributed by atoms with Crippen molar-refractivity contribution in [1.29, 1.82) is 0 Å². The fourth-order valence-electron chi connectivity index (χ4n) is 3.97.